The van der Waals surface area contributed by atoms with Crippen LogP contribution in [0, 0.1) is 6.92 Å². The molecule has 2 aromatic rings. The van der Waals surface area contributed by atoms with Crippen LogP contribution in [0.5, 0.6) is 5.75 Å². The van der Waals surface area contributed by atoms with Crippen molar-refractivity contribution in [2.45, 2.75) is 13.8 Å². The second-order valence-electron chi connectivity index (χ2n) is 4.06. The summed E-state index contributed by atoms with van der Waals surface area (Å²) in [7, 11) is 0. The maximum absolute atomic E-state index is 9.87. The van der Waals surface area contributed by atoms with Gasteiger partial charge in [0.2, 0.25) is 0 Å². The molecule has 0 fully saturated rings. The molecule has 2 heterocycles. The number of aromatic nitrogens is 2. The minimum atomic E-state index is 0.176. The summed E-state index contributed by atoms with van der Waals surface area (Å²) in [6.07, 6.45) is 5.62. The molecule has 3 heteroatoms. The second-order valence-corrected chi connectivity index (χ2v) is 4.06. The van der Waals surface area contributed by atoms with E-state index in [0.29, 0.717) is 5.69 Å². The van der Waals surface area contributed by atoms with Crippen molar-refractivity contribution < 1.29 is 5.11 Å². The third-order valence-electron chi connectivity index (χ3n) is 2.74. The van der Waals surface area contributed by atoms with Crippen LogP contribution in [0.2, 0.25) is 0 Å². The lowest BCUT2D eigenvalue weighted by Gasteiger charge is -2.01. The van der Waals surface area contributed by atoms with Gasteiger partial charge >= 0.3 is 0 Å². The first-order valence-corrected chi connectivity index (χ1v) is 5.81. The average molecular weight is 240 g/mol. The van der Waals surface area contributed by atoms with Gasteiger partial charge in [-0.05, 0) is 43.3 Å². The zero-order valence-corrected chi connectivity index (χ0v) is 10.6. The first-order chi connectivity index (χ1) is 8.65. The van der Waals surface area contributed by atoms with Gasteiger partial charge < -0.3 is 10.1 Å². The molecule has 0 amide bonds. The molecular weight excluding hydrogens is 224 g/mol. The molecule has 3 nitrogen and oxygen atoms in total. The van der Waals surface area contributed by atoms with Crippen molar-refractivity contribution in [1.82, 2.24) is 9.97 Å². The van der Waals surface area contributed by atoms with Gasteiger partial charge in [-0.15, -0.1) is 0 Å². The number of H-pyrrole nitrogens is 1. The summed E-state index contributed by atoms with van der Waals surface area (Å²) >= 11 is 0. The summed E-state index contributed by atoms with van der Waals surface area (Å²) < 4.78 is 0. The molecule has 2 rings (SSSR count). The molecule has 0 aliphatic rings. The number of allylic oxidation sites excluding steroid dienone is 1. The Hall–Kier alpha value is -2.29. The van der Waals surface area contributed by atoms with Crippen LogP contribution in [-0.2, 0) is 0 Å². The SMILES string of the molecule is C=C/C=c1/[nH]c(-c2nc(C)ccc2O)c/c1=C/C. The smallest absolute Gasteiger partial charge is 0.143 e. The van der Waals surface area contributed by atoms with Crippen molar-refractivity contribution in [1.29, 1.82) is 0 Å². The predicted octanol–water partition coefficient (Wildman–Crippen LogP) is 1.86. The van der Waals surface area contributed by atoms with Gasteiger partial charge in [0.1, 0.15) is 11.4 Å². The van der Waals surface area contributed by atoms with Gasteiger partial charge in [-0.2, -0.15) is 0 Å². The Balaban J connectivity index is 2.69. The molecule has 92 valence electrons. The highest BCUT2D eigenvalue weighted by Gasteiger charge is 2.07. The Kier molecular flexibility index (Phi) is 3.33. The zero-order valence-electron chi connectivity index (χ0n) is 10.6. The van der Waals surface area contributed by atoms with Crippen LogP contribution in [-0.4, -0.2) is 15.1 Å². The zero-order chi connectivity index (χ0) is 13.1. The van der Waals surface area contributed by atoms with Crippen molar-refractivity contribution in [3.63, 3.8) is 0 Å². The van der Waals surface area contributed by atoms with Crippen molar-refractivity contribution in [3.8, 4) is 17.1 Å². The summed E-state index contributed by atoms with van der Waals surface area (Å²) in [5, 5.41) is 11.9. The number of hydrogen-bond donors (Lipinski definition) is 2. The molecule has 0 saturated heterocycles. The van der Waals surface area contributed by atoms with E-state index in [1.165, 1.54) is 0 Å². The van der Waals surface area contributed by atoms with E-state index >= 15 is 0 Å². The molecule has 0 unspecified atom stereocenters. The molecule has 0 aliphatic carbocycles. The lowest BCUT2D eigenvalue weighted by molar-refractivity contribution is 0.474. The fourth-order valence-electron chi connectivity index (χ4n) is 1.86. The molecule has 18 heavy (non-hydrogen) atoms. The molecule has 2 aromatic heterocycles. The molecule has 0 aliphatic heterocycles. The number of aromatic amines is 1. The monoisotopic (exact) mass is 240 g/mol. The van der Waals surface area contributed by atoms with Gasteiger partial charge in [0, 0.05) is 11.0 Å². The summed E-state index contributed by atoms with van der Waals surface area (Å²) in [5.41, 5.74) is 2.24. The Bertz CT molecular complexity index is 696. The Morgan fingerprint density at radius 1 is 1.39 bits per heavy atom. The summed E-state index contributed by atoms with van der Waals surface area (Å²) in [5.74, 6) is 0.176. The fraction of sp³-hybridized carbons (Fsp3) is 0.133. The quantitative estimate of drug-likeness (QED) is 0.841. The van der Waals surface area contributed by atoms with Crippen LogP contribution < -0.4 is 10.6 Å². The first-order valence-electron chi connectivity index (χ1n) is 5.81. The number of rotatable bonds is 2. The standard InChI is InChI=1S/C15H16N2O/c1-4-6-12-11(5-2)9-13(17-12)15-14(18)8-7-10(3)16-15/h4-9,17-18H,1H2,2-3H3/b11-5-,12-6+. The summed E-state index contributed by atoms with van der Waals surface area (Å²) in [4.78, 5) is 7.59. The van der Waals surface area contributed by atoms with Crippen LogP contribution in [0.3, 0.4) is 0 Å². The van der Waals surface area contributed by atoms with E-state index in [1.807, 2.05) is 32.1 Å². The minimum Gasteiger partial charge on any atom is -0.506 e. The number of aryl methyl sites for hydroxylation is 1. The van der Waals surface area contributed by atoms with E-state index in [1.54, 1.807) is 18.2 Å². The lowest BCUT2D eigenvalue weighted by atomic mass is 10.2. The molecule has 0 atom stereocenters. The predicted molar refractivity (Wildman–Crippen MR) is 74.5 cm³/mol. The minimum absolute atomic E-state index is 0.176. The average Bonchev–Trinajstić information content (AvgIpc) is 2.76. The Labute approximate surface area is 106 Å². The maximum atomic E-state index is 9.87. The number of aromatic hydroxyl groups is 1. The van der Waals surface area contributed by atoms with Crippen molar-refractivity contribution in [3.05, 3.63) is 47.1 Å². The number of pyridine rings is 1. The molecular formula is C15H16N2O. The van der Waals surface area contributed by atoms with Crippen LogP contribution in [0.4, 0.5) is 0 Å². The van der Waals surface area contributed by atoms with Crippen molar-refractivity contribution in [2.24, 2.45) is 0 Å². The second kappa shape index (κ2) is 4.92. The van der Waals surface area contributed by atoms with Crippen LogP contribution in [0.25, 0.3) is 23.5 Å². The van der Waals surface area contributed by atoms with Crippen LogP contribution in [0.15, 0.2) is 30.9 Å². The normalized spacial score (nSPS) is 13.0. The van der Waals surface area contributed by atoms with Gasteiger partial charge in [-0.3, -0.25) is 0 Å². The van der Waals surface area contributed by atoms with Gasteiger partial charge in [-0.25, -0.2) is 4.98 Å². The lowest BCUT2D eigenvalue weighted by Crippen LogP contribution is -2.20. The van der Waals surface area contributed by atoms with E-state index in [9.17, 15) is 5.11 Å². The van der Waals surface area contributed by atoms with E-state index in [4.69, 9.17) is 0 Å². The topological polar surface area (TPSA) is 48.9 Å². The van der Waals surface area contributed by atoms with E-state index in [-0.39, 0.29) is 5.75 Å². The summed E-state index contributed by atoms with van der Waals surface area (Å²) in [6.45, 7) is 7.56. The van der Waals surface area contributed by atoms with E-state index < -0.39 is 0 Å². The highest BCUT2D eigenvalue weighted by Crippen LogP contribution is 2.23. The van der Waals surface area contributed by atoms with E-state index in [0.717, 1.165) is 22.0 Å². The third kappa shape index (κ3) is 2.20. The first kappa shape index (κ1) is 12.2. The molecule has 0 spiro atoms. The molecule has 2 N–H and O–H groups in total. The van der Waals surface area contributed by atoms with Crippen LogP contribution >= 0.6 is 0 Å². The molecule has 0 radical (unpaired) electrons. The van der Waals surface area contributed by atoms with E-state index in [2.05, 4.69) is 16.5 Å². The molecule has 0 aromatic carbocycles. The number of nitrogens with one attached hydrogen (secondary N) is 1. The highest BCUT2D eigenvalue weighted by molar-refractivity contribution is 5.63. The maximum Gasteiger partial charge on any atom is 0.143 e. The highest BCUT2D eigenvalue weighted by atomic mass is 16.3. The van der Waals surface area contributed by atoms with Crippen molar-refractivity contribution >= 4 is 12.2 Å². The van der Waals surface area contributed by atoms with Crippen LogP contribution in [0.1, 0.15) is 12.6 Å². The largest absolute Gasteiger partial charge is 0.506 e. The number of hydrogen-bond acceptors (Lipinski definition) is 2. The van der Waals surface area contributed by atoms with Crippen molar-refractivity contribution in [2.75, 3.05) is 0 Å². The van der Waals surface area contributed by atoms with Gasteiger partial charge in [0.15, 0.2) is 0 Å². The summed E-state index contributed by atoms with van der Waals surface area (Å²) in [6, 6.07) is 5.41. The fourth-order valence-corrected chi connectivity index (χ4v) is 1.86. The van der Waals surface area contributed by atoms with Gasteiger partial charge in [0.05, 0.1) is 5.69 Å². The Morgan fingerprint density at radius 2 is 2.17 bits per heavy atom. The van der Waals surface area contributed by atoms with Gasteiger partial charge in [-0.1, -0.05) is 18.7 Å². The molecule has 0 saturated carbocycles. The number of nitrogens with zero attached hydrogens (tertiary/aromatic N) is 1. The third-order valence-corrected chi connectivity index (χ3v) is 2.74. The Morgan fingerprint density at radius 3 is 2.83 bits per heavy atom. The molecule has 0 bridgehead atoms. The van der Waals surface area contributed by atoms with Gasteiger partial charge in [0.25, 0.3) is 0 Å².